The molecule has 0 aromatic rings. The van der Waals surface area contributed by atoms with Gasteiger partial charge >= 0.3 is 0 Å². The first kappa shape index (κ1) is 17.9. The second-order valence-corrected chi connectivity index (χ2v) is 6.50. The van der Waals surface area contributed by atoms with E-state index in [0.717, 1.165) is 31.5 Å². The van der Waals surface area contributed by atoms with Crippen LogP contribution in [-0.2, 0) is 0 Å². The Bertz CT molecular complexity index is 235. The highest BCUT2D eigenvalue weighted by Crippen LogP contribution is 2.32. The number of hydrogen-bond donors (Lipinski definition) is 2. The van der Waals surface area contributed by atoms with E-state index in [1.54, 1.807) is 0 Å². The number of aliphatic hydroxyl groups excluding tert-OH is 1. The maximum Gasteiger partial charge on any atom is 0.0558 e. The molecule has 1 saturated carbocycles. The Morgan fingerprint density at radius 1 is 1.15 bits per heavy atom. The minimum Gasteiger partial charge on any atom is -0.395 e. The molecule has 0 saturated heterocycles. The number of hydrogen-bond acceptors (Lipinski definition) is 3. The molecule has 0 radical (unpaired) electrons. The fourth-order valence-electron chi connectivity index (χ4n) is 3.76. The van der Waals surface area contributed by atoms with Crippen LogP contribution in [0.2, 0.25) is 0 Å². The van der Waals surface area contributed by atoms with Crippen molar-refractivity contribution in [3.05, 3.63) is 0 Å². The zero-order valence-corrected chi connectivity index (χ0v) is 13.9. The Balaban J connectivity index is 2.52. The van der Waals surface area contributed by atoms with Gasteiger partial charge in [0.1, 0.15) is 0 Å². The summed E-state index contributed by atoms with van der Waals surface area (Å²) in [6.07, 6.45) is 9.28. The van der Waals surface area contributed by atoms with Gasteiger partial charge in [0.05, 0.1) is 6.61 Å². The molecule has 2 N–H and O–H groups in total. The number of unbranched alkanes of at least 4 members (excludes halogenated alkanes) is 1. The Labute approximate surface area is 126 Å². The lowest BCUT2D eigenvalue weighted by Crippen LogP contribution is -2.45. The number of nitrogens with one attached hydrogen (secondary N) is 1. The SMILES string of the molecule is CCCCN(CCO)CC1CC(CCC)CCC1NC. The van der Waals surface area contributed by atoms with Crippen molar-refractivity contribution >= 4 is 0 Å². The van der Waals surface area contributed by atoms with Crippen LogP contribution >= 0.6 is 0 Å². The molecule has 3 unspecified atom stereocenters. The number of aliphatic hydroxyl groups is 1. The van der Waals surface area contributed by atoms with Crippen LogP contribution < -0.4 is 5.32 Å². The van der Waals surface area contributed by atoms with Crippen LogP contribution in [0.5, 0.6) is 0 Å². The van der Waals surface area contributed by atoms with Gasteiger partial charge < -0.3 is 15.3 Å². The highest BCUT2D eigenvalue weighted by molar-refractivity contribution is 4.86. The molecule has 0 amide bonds. The fraction of sp³-hybridized carbons (Fsp3) is 1.00. The smallest absolute Gasteiger partial charge is 0.0558 e. The Morgan fingerprint density at radius 3 is 2.55 bits per heavy atom. The lowest BCUT2D eigenvalue weighted by atomic mass is 9.76. The van der Waals surface area contributed by atoms with Crippen LogP contribution in [0.3, 0.4) is 0 Å². The van der Waals surface area contributed by atoms with Gasteiger partial charge in [-0.15, -0.1) is 0 Å². The maximum absolute atomic E-state index is 9.27. The third kappa shape index (κ3) is 6.11. The molecule has 1 aliphatic carbocycles. The van der Waals surface area contributed by atoms with Crippen LogP contribution in [0.1, 0.15) is 58.8 Å². The third-order valence-electron chi connectivity index (χ3n) is 4.90. The van der Waals surface area contributed by atoms with Crippen LogP contribution in [0, 0.1) is 11.8 Å². The minimum absolute atomic E-state index is 0.291. The van der Waals surface area contributed by atoms with E-state index in [1.165, 1.54) is 44.9 Å². The van der Waals surface area contributed by atoms with Crippen LogP contribution in [0.4, 0.5) is 0 Å². The summed E-state index contributed by atoms with van der Waals surface area (Å²) in [5.74, 6) is 1.69. The summed E-state index contributed by atoms with van der Waals surface area (Å²) in [7, 11) is 2.11. The third-order valence-corrected chi connectivity index (χ3v) is 4.90. The fourth-order valence-corrected chi connectivity index (χ4v) is 3.76. The Kier molecular flexibility index (Phi) is 9.49. The van der Waals surface area contributed by atoms with Crippen molar-refractivity contribution in [2.75, 3.05) is 33.3 Å². The number of rotatable bonds is 10. The summed E-state index contributed by atoms with van der Waals surface area (Å²) in [6.45, 7) is 7.98. The van der Waals surface area contributed by atoms with Crippen molar-refractivity contribution < 1.29 is 5.11 Å². The van der Waals surface area contributed by atoms with Gasteiger partial charge in [-0.2, -0.15) is 0 Å². The topological polar surface area (TPSA) is 35.5 Å². The molecule has 1 aliphatic rings. The molecule has 120 valence electrons. The first-order valence-corrected chi connectivity index (χ1v) is 8.75. The van der Waals surface area contributed by atoms with Gasteiger partial charge in [-0.1, -0.05) is 33.1 Å². The normalized spacial score (nSPS) is 27.1. The molecule has 1 fully saturated rings. The van der Waals surface area contributed by atoms with E-state index in [2.05, 4.69) is 31.1 Å². The molecule has 0 bridgehead atoms. The Hall–Kier alpha value is -0.120. The van der Waals surface area contributed by atoms with E-state index < -0.39 is 0 Å². The van der Waals surface area contributed by atoms with Crippen molar-refractivity contribution in [1.82, 2.24) is 10.2 Å². The second kappa shape index (κ2) is 10.6. The summed E-state index contributed by atoms with van der Waals surface area (Å²) in [5.41, 5.74) is 0. The highest BCUT2D eigenvalue weighted by Gasteiger charge is 2.30. The Morgan fingerprint density at radius 2 is 1.95 bits per heavy atom. The van der Waals surface area contributed by atoms with Gasteiger partial charge in [-0.05, 0) is 51.1 Å². The minimum atomic E-state index is 0.291. The van der Waals surface area contributed by atoms with Gasteiger partial charge in [0.15, 0.2) is 0 Å². The van der Waals surface area contributed by atoms with E-state index in [4.69, 9.17) is 0 Å². The summed E-state index contributed by atoms with van der Waals surface area (Å²) >= 11 is 0. The molecule has 0 spiro atoms. The molecular weight excluding hydrogens is 248 g/mol. The first-order chi connectivity index (χ1) is 9.74. The molecule has 3 nitrogen and oxygen atoms in total. The van der Waals surface area contributed by atoms with Crippen molar-refractivity contribution in [3.63, 3.8) is 0 Å². The van der Waals surface area contributed by atoms with Crippen LogP contribution in [0.15, 0.2) is 0 Å². The lowest BCUT2D eigenvalue weighted by Gasteiger charge is -2.39. The second-order valence-electron chi connectivity index (χ2n) is 6.50. The van der Waals surface area contributed by atoms with Gasteiger partial charge in [-0.3, -0.25) is 0 Å². The standard InChI is InChI=1S/C17H36N2O/c1-4-6-10-19(11-12-20)14-16-13-15(7-5-2)8-9-17(16)18-3/h15-18,20H,4-14H2,1-3H3. The van der Waals surface area contributed by atoms with Gasteiger partial charge in [0, 0.05) is 19.1 Å². The summed E-state index contributed by atoms with van der Waals surface area (Å²) in [4.78, 5) is 2.48. The van der Waals surface area contributed by atoms with Crippen molar-refractivity contribution in [2.24, 2.45) is 11.8 Å². The van der Waals surface area contributed by atoms with Crippen molar-refractivity contribution in [2.45, 2.75) is 64.8 Å². The van der Waals surface area contributed by atoms with E-state index in [0.29, 0.717) is 12.6 Å². The maximum atomic E-state index is 9.27. The van der Waals surface area contributed by atoms with E-state index >= 15 is 0 Å². The van der Waals surface area contributed by atoms with E-state index in [1.807, 2.05) is 0 Å². The molecule has 20 heavy (non-hydrogen) atoms. The molecule has 0 aromatic heterocycles. The van der Waals surface area contributed by atoms with Crippen molar-refractivity contribution in [1.29, 1.82) is 0 Å². The monoisotopic (exact) mass is 284 g/mol. The summed E-state index contributed by atoms with van der Waals surface area (Å²) < 4.78 is 0. The average molecular weight is 284 g/mol. The largest absolute Gasteiger partial charge is 0.395 e. The van der Waals surface area contributed by atoms with Gasteiger partial charge in [-0.25, -0.2) is 0 Å². The van der Waals surface area contributed by atoms with E-state index in [9.17, 15) is 5.11 Å². The summed E-state index contributed by atoms with van der Waals surface area (Å²) in [5, 5.41) is 12.8. The average Bonchev–Trinajstić information content (AvgIpc) is 2.46. The molecule has 0 aliphatic heterocycles. The lowest BCUT2D eigenvalue weighted by molar-refractivity contribution is 0.121. The molecular formula is C17H36N2O. The highest BCUT2D eigenvalue weighted by atomic mass is 16.3. The summed E-state index contributed by atoms with van der Waals surface area (Å²) in [6, 6.07) is 0.672. The first-order valence-electron chi connectivity index (χ1n) is 8.75. The van der Waals surface area contributed by atoms with E-state index in [-0.39, 0.29) is 0 Å². The number of nitrogens with zero attached hydrogens (tertiary/aromatic N) is 1. The molecule has 1 rings (SSSR count). The molecule has 3 atom stereocenters. The predicted molar refractivity (Wildman–Crippen MR) is 87.0 cm³/mol. The van der Waals surface area contributed by atoms with Gasteiger partial charge in [0.25, 0.3) is 0 Å². The van der Waals surface area contributed by atoms with Crippen LogP contribution in [0.25, 0.3) is 0 Å². The van der Waals surface area contributed by atoms with Crippen LogP contribution in [-0.4, -0.2) is 49.3 Å². The van der Waals surface area contributed by atoms with Crippen molar-refractivity contribution in [3.8, 4) is 0 Å². The zero-order chi connectivity index (χ0) is 14.8. The predicted octanol–water partition coefficient (Wildman–Crippen LogP) is 2.89. The quantitative estimate of drug-likeness (QED) is 0.647. The van der Waals surface area contributed by atoms with Gasteiger partial charge in [0.2, 0.25) is 0 Å². The zero-order valence-electron chi connectivity index (χ0n) is 13.9. The molecule has 3 heteroatoms. The molecule has 0 aromatic carbocycles. The molecule has 0 heterocycles.